The molecule has 0 radical (unpaired) electrons. The number of hydrogen-bond acceptors (Lipinski definition) is 7. The molecule has 1 aliphatic heterocycles. The SMILES string of the molecule is COc1ccc(NNC(=S)[C@@H](CCC2CCCCC2)NC(=O)[C@@H]2CSCN2C(=O)OC(C)(C)C)cc1. The third kappa shape index (κ3) is 8.73. The first-order chi connectivity index (χ1) is 17.2. The summed E-state index contributed by atoms with van der Waals surface area (Å²) in [6, 6.07) is 6.57. The summed E-state index contributed by atoms with van der Waals surface area (Å²) in [7, 11) is 1.63. The molecule has 1 aromatic carbocycles. The highest BCUT2D eigenvalue weighted by Crippen LogP contribution is 2.28. The molecule has 1 heterocycles. The lowest BCUT2D eigenvalue weighted by Gasteiger charge is -2.30. The Bertz CT molecular complexity index is 885. The van der Waals surface area contributed by atoms with E-state index >= 15 is 0 Å². The molecule has 2 amide bonds. The number of ether oxygens (including phenoxy) is 2. The molecule has 3 N–H and O–H groups in total. The number of amides is 2. The third-order valence-electron chi connectivity index (χ3n) is 6.45. The summed E-state index contributed by atoms with van der Waals surface area (Å²) in [5.41, 5.74) is 6.44. The number of thioether (sulfide) groups is 1. The Morgan fingerprint density at radius 1 is 1.17 bits per heavy atom. The van der Waals surface area contributed by atoms with Crippen LogP contribution in [0.4, 0.5) is 10.5 Å². The van der Waals surface area contributed by atoms with Crippen molar-refractivity contribution in [3.8, 4) is 5.75 Å². The third-order valence-corrected chi connectivity index (χ3v) is 7.85. The van der Waals surface area contributed by atoms with E-state index in [1.165, 1.54) is 37.0 Å². The Kier molecular flexibility index (Phi) is 10.5. The molecule has 8 nitrogen and oxygen atoms in total. The van der Waals surface area contributed by atoms with Crippen molar-refractivity contribution in [3.63, 3.8) is 0 Å². The van der Waals surface area contributed by atoms with Gasteiger partial charge in [0.15, 0.2) is 0 Å². The van der Waals surface area contributed by atoms with Gasteiger partial charge in [-0.2, -0.15) is 0 Å². The fraction of sp³-hybridized carbons (Fsp3) is 0.654. The van der Waals surface area contributed by atoms with Gasteiger partial charge >= 0.3 is 6.09 Å². The first kappa shape index (κ1) is 28.4. The van der Waals surface area contributed by atoms with Crippen LogP contribution in [0.1, 0.15) is 65.7 Å². The van der Waals surface area contributed by atoms with Crippen LogP contribution in [0.2, 0.25) is 0 Å². The van der Waals surface area contributed by atoms with Gasteiger partial charge in [0.2, 0.25) is 5.91 Å². The summed E-state index contributed by atoms with van der Waals surface area (Å²) in [6.07, 6.45) is 7.60. The largest absolute Gasteiger partial charge is 0.497 e. The van der Waals surface area contributed by atoms with Gasteiger partial charge in [0.1, 0.15) is 22.4 Å². The van der Waals surface area contributed by atoms with E-state index in [9.17, 15) is 9.59 Å². The van der Waals surface area contributed by atoms with Crippen molar-refractivity contribution in [2.75, 3.05) is 24.2 Å². The van der Waals surface area contributed by atoms with E-state index in [1.54, 1.807) is 18.9 Å². The van der Waals surface area contributed by atoms with E-state index in [0.29, 0.717) is 22.5 Å². The van der Waals surface area contributed by atoms with Crippen LogP contribution in [-0.4, -0.2) is 58.3 Å². The number of benzene rings is 1. The number of carbonyl (C=O) groups is 2. The molecule has 0 bridgehead atoms. The van der Waals surface area contributed by atoms with Crippen LogP contribution < -0.4 is 20.9 Å². The van der Waals surface area contributed by atoms with Gasteiger partial charge < -0.3 is 20.2 Å². The molecule has 2 fully saturated rings. The van der Waals surface area contributed by atoms with E-state index in [-0.39, 0.29) is 11.9 Å². The highest BCUT2D eigenvalue weighted by Gasteiger charge is 2.38. The molecular weight excluding hydrogens is 496 g/mol. The van der Waals surface area contributed by atoms with Crippen LogP contribution in [-0.2, 0) is 9.53 Å². The highest BCUT2D eigenvalue weighted by atomic mass is 32.2. The fourth-order valence-electron chi connectivity index (χ4n) is 4.47. The van der Waals surface area contributed by atoms with Crippen LogP contribution in [0.25, 0.3) is 0 Å². The summed E-state index contributed by atoms with van der Waals surface area (Å²) in [5, 5.41) is 3.14. The lowest BCUT2D eigenvalue weighted by atomic mass is 9.85. The number of nitrogens with zero attached hydrogens (tertiary/aromatic N) is 1. The van der Waals surface area contributed by atoms with Gasteiger partial charge in [-0.3, -0.25) is 15.1 Å². The van der Waals surface area contributed by atoms with Crippen LogP contribution in [0.3, 0.4) is 0 Å². The zero-order chi connectivity index (χ0) is 26.1. The van der Waals surface area contributed by atoms with Crippen molar-refractivity contribution >= 4 is 46.7 Å². The number of rotatable bonds is 9. The molecule has 0 unspecified atom stereocenters. The van der Waals surface area contributed by atoms with Gasteiger partial charge in [-0.25, -0.2) is 4.79 Å². The molecule has 3 rings (SSSR count). The number of hydrogen-bond donors (Lipinski definition) is 3. The average molecular weight is 537 g/mol. The summed E-state index contributed by atoms with van der Waals surface area (Å²) >= 11 is 7.26. The summed E-state index contributed by atoms with van der Waals surface area (Å²) in [4.78, 5) is 28.1. The first-order valence-electron chi connectivity index (χ1n) is 12.7. The normalized spacial score (nSPS) is 19.3. The predicted molar refractivity (Wildman–Crippen MR) is 149 cm³/mol. The standard InChI is InChI=1S/C26H40N4O4S2/c1-26(2,3)34-25(32)30-17-36-16-22(30)23(31)27-21(15-10-18-8-6-5-7-9-18)24(35)29-28-19-11-13-20(33-4)14-12-19/h11-14,18,21-22,28H,5-10,15-17H2,1-4H3,(H,27,31)(H,29,35)/t21-,22+/m1/s1. The Labute approximate surface area is 224 Å². The van der Waals surface area contributed by atoms with Gasteiger partial charge in [0.05, 0.1) is 24.7 Å². The van der Waals surface area contributed by atoms with E-state index < -0.39 is 17.7 Å². The molecule has 10 heteroatoms. The smallest absolute Gasteiger partial charge is 0.411 e. The summed E-state index contributed by atoms with van der Waals surface area (Å²) < 4.78 is 10.7. The van der Waals surface area contributed by atoms with Gasteiger partial charge in [0, 0.05) is 5.75 Å². The molecular formula is C26H40N4O4S2. The summed E-state index contributed by atoms with van der Waals surface area (Å²) in [5.74, 6) is 2.19. The van der Waals surface area contributed by atoms with Crippen LogP contribution in [0, 0.1) is 5.92 Å². The Morgan fingerprint density at radius 2 is 1.86 bits per heavy atom. The van der Waals surface area contributed by atoms with E-state index in [1.807, 2.05) is 45.0 Å². The van der Waals surface area contributed by atoms with Crippen molar-refractivity contribution in [3.05, 3.63) is 24.3 Å². The molecule has 1 saturated carbocycles. The zero-order valence-electron chi connectivity index (χ0n) is 21.8. The number of hydrazine groups is 1. The van der Waals surface area contributed by atoms with E-state index in [4.69, 9.17) is 21.7 Å². The van der Waals surface area contributed by atoms with Crippen LogP contribution in [0.15, 0.2) is 24.3 Å². The molecule has 1 saturated heterocycles. The van der Waals surface area contributed by atoms with E-state index in [2.05, 4.69) is 16.2 Å². The second kappa shape index (κ2) is 13.4. The number of thiocarbonyl (C=S) groups is 1. The number of nitrogens with one attached hydrogen (secondary N) is 3. The van der Waals surface area contributed by atoms with Gasteiger partial charge in [-0.05, 0) is 63.8 Å². The minimum Gasteiger partial charge on any atom is -0.497 e. The maximum Gasteiger partial charge on any atom is 0.411 e. The van der Waals surface area contributed by atoms with Gasteiger partial charge in [-0.1, -0.05) is 44.3 Å². The molecule has 2 aliphatic rings. The molecule has 36 heavy (non-hydrogen) atoms. The minimum atomic E-state index is -0.619. The van der Waals surface area contributed by atoms with Crippen molar-refractivity contribution in [2.24, 2.45) is 5.92 Å². The van der Waals surface area contributed by atoms with Crippen molar-refractivity contribution in [1.29, 1.82) is 0 Å². The maximum atomic E-state index is 13.3. The number of methoxy groups -OCH3 is 1. The molecule has 2 atom stereocenters. The zero-order valence-corrected chi connectivity index (χ0v) is 23.4. The monoisotopic (exact) mass is 536 g/mol. The molecule has 200 valence electrons. The summed E-state index contributed by atoms with van der Waals surface area (Å²) in [6.45, 7) is 5.47. The Hall–Kier alpha value is -2.20. The average Bonchev–Trinajstić information content (AvgIpc) is 3.35. The van der Waals surface area contributed by atoms with Crippen molar-refractivity contribution in [2.45, 2.75) is 83.4 Å². The fourth-order valence-corrected chi connectivity index (χ4v) is 5.84. The molecule has 0 spiro atoms. The molecule has 1 aliphatic carbocycles. The Morgan fingerprint density at radius 3 is 2.50 bits per heavy atom. The lowest BCUT2D eigenvalue weighted by molar-refractivity contribution is -0.125. The van der Waals surface area contributed by atoms with Crippen molar-refractivity contribution < 1.29 is 19.1 Å². The second-order valence-corrected chi connectivity index (χ2v) is 11.9. The quantitative estimate of drug-likeness (QED) is 0.297. The van der Waals surface area contributed by atoms with Gasteiger partial charge in [-0.15, -0.1) is 11.8 Å². The number of carbonyl (C=O) groups excluding carboxylic acids is 2. The van der Waals surface area contributed by atoms with Crippen LogP contribution >= 0.6 is 24.0 Å². The van der Waals surface area contributed by atoms with Crippen molar-refractivity contribution in [1.82, 2.24) is 15.6 Å². The first-order valence-corrected chi connectivity index (χ1v) is 14.3. The lowest BCUT2D eigenvalue weighted by Crippen LogP contribution is -2.54. The van der Waals surface area contributed by atoms with Crippen LogP contribution in [0.5, 0.6) is 5.75 Å². The Balaban J connectivity index is 1.63. The molecule has 0 aromatic heterocycles. The predicted octanol–water partition coefficient (Wildman–Crippen LogP) is 5.09. The highest BCUT2D eigenvalue weighted by molar-refractivity contribution is 7.99. The van der Waals surface area contributed by atoms with E-state index in [0.717, 1.165) is 24.3 Å². The topological polar surface area (TPSA) is 91.9 Å². The molecule has 1 aromatic rings. The second-order valence-electron chi connectivity index (χ2n) is 10.5. The number of anilines is 1. The van der Waals surface area contributed by atoms with Gasteiger partial charge in [0.25, 0.3) is 0 Å². The maximum absolute atomic E-state index is 13.3. The minimum absolute atomic E-state index is 0.201.